The first-order valence-electron chi connectivity index (χ1n) is 17.3. The van der Waals surface area contributed by atoms with E-state index in [1.807, 2.05) is 0 Å². The maximum absolute atomic E-state index is 2.63. The molecule has 0 aliphatic heterocycles. The summed E-state index contributed by atoms with van der Waals surface area (Å²) in [6.07, 6.45) is 4.88. The maximum atomic E-state index is 2.63. The SMILES string of the molecule is CC1C(N(c2ccc3c(c2)C(C)(C)c2ccccc2-3)c2cccc3c2-c2ccccc2C3(C)C)=CC=C2c3ccccc3C(C)(C)C21. The topological polar surface area (TPSA) is 3.24 Å². The molecule has 5 aromatic carbocycles. The third-order valence-corrected chi connectivity index (χ3v) is 12.4. The van der Waals surface area contributed by atoms with E-state index in [9.17, 15) is 0 Å². The van der Waals surface area contributed by atoms with Crippen molar-refractivity contribution in [1.82, 2.24) is 0 Å². The minimum Gasteiger partial charge on any atom is -0.313 e. The molecule has 5 aromatic rings. The highest BCUT2D eigenvalue weighted by atomic mass is 15.2. The molecule has 1 heteroatoms. The number of hydrogen-bond donors (Lipinski definition) is 0. The van der Waals surface area contributed by atoms with E-state index in [2.05, 4.69) is 175 Å². The zero-order chi connectivity index (χ0) is 32.5. The molecule has 47 heavy (non-hydrogen) atoms. The molecule has 4 aliphatic rings. The molecule has 0 radical (unpaired) electrons. The summed E-state index contributed by atoms with van der Waals surface area (Å²) >= 11 is 0. The van der Waals surface area contributed by atoms with Crippen molar-refractivity contribution in [3.05, 3.63) is 160 Å². The van der Waals surface area contributed by atoms with Crippen molar-refractivity contribution in [2.24, 2.45) is 11.8 Å². The Morgan fingerprint density at radius 1 is 0.511 bits per heavy atom. The van der Waals surface area contributed by atoms with Gasteiger partial charge >= 0.3 is 0 Å². The number of nitrogens with zero attached hydrogens (tertiary/aromatic N) is 1. The number of anilines is 2. The van der Waals surface area contributed by atoms with E-state index in [0.29, 0.717) is 11.8 Å². The van der Waals surface area contributed by atoms with E-state index in [4.69, 9.17) is 0 Å². The van der Waals surface area contributed by atoms with Crippen LogP contribution in [0.25, 0.3) is 27.8 Å². The van der Waals surface area contributed by atoms with Crippen LogP contribution in [-0.4, -0.2) is 0 Å². The average molecular weight is 610 g/mol. The van der Waals surface area contributed by atoms with Gasteiger partial charge in [-0.05, 0) is 85.3 Å². The molecule has 232 valence electrons. The summed E-state index contributed by atoms with van der Waals surface area (Å²) in [7, 11) is 0. The fourth-order valence-electron chi connectivity index (χ4n) is 10.1. The van der Waals surface area contributed by atoms with Crippen molar-refractivity contribution in [1.29, 1.82) is 0 Å². The molecule has 1 nitrogen and oxygen atoms in total. The Morgan fingerprint density at radius 3 is 1.83 bits per heavy atom. The Bertz CT molecular complexity index is 2200. The van der Waals surface area contributed by atoms with Crippen molar-refractivity contribution in [3.8, 4) is 22.3 Å². The monoisotopic (exact) mass is 609 g/mol. The highest BCUT2D eigenvalue weighted by Crippen LogP contribution is 2.59. The molecule has 0 saturated heterocycles. The first-order valence-corrected chi connectivity index (χ1v) is 17.3. The van der Waals surface area contributed by atoms with Crippen LogP contribution < -0.4 is 4.90 Å². The van der Waals surface area contributed by atoms with Crippen LogP contribution in [0, 0.1) is 11.8 Å². The molecule has 0 heterocycles. The van der Waals surface area contributed by atoms with Gasteiger partial charge in [-0.1, -0.05) is 146 Å². The van der Waals surface area contributed by atoms with Gasteiger partial charge in [-0.2, -0.15) is 0 Å². The van der Waals surface area contributed by atoms with Crippen LogP contribution in [0.4, 0.5) is 11.4 Å². The number of allylic oxidation sites excluding steroid dienone is 4. The van der Waals surface area contributed by atoms with Crippen molar-refractivity contribution in [2.75, 3.05) is 4.90 Å². The molecular formula is C46H43N. The van der Waals surface area contributed by atoms with Crippen LogP contribution >= 0.6 is 0 Å². The van der Waals surface area contributed by atoms with Gasteiger partial charge in [0.1, 0.15) is 0 Å². The van der Waals surface area contributed by atoms with Gasteiger partial charge in [0.25, 0.3) is 0 Å². The molecule has 0 spiro atoms. The Hall–Kier alpha value is -4.62. The van der Waals surface area contributed by atoms with E-state index < -0.39 is 0 Å². The van der Waals surface area contributed by atoms with E-state index >= 15 is 0 Å². The molecule has 0 amide bonds. The molecule has 9 rings (SSSR count). The number of fused-ring (bicyclic) bond motifs is 9. The molecule has 0 saturated carbocycles. The van der Waals surface area contributed by atoms with Crippen LogP contribution in [-0.2, 0) is 16.2 Å². The normalized spacial score (nSPS) is 21.4. The summed E-state index contributed by atoms with van der Waals surface area (Å²) in [5.74, 6) is 0.689. The zero-order valence-electron chi connectivity index (χ0n) is 28.6. The number of benzene rings is 5. The molecule has 0 bridgehead atoms. The number of hydrogen-bond acceptors (Lipinski definition) is 1. The minimum absolute atomic E-state index is 0.0296. The highest BCUT2D eigenvalue weighted by molar-refractivity contribution is 5.94. The van der Waals surface area contributed by atoms with E-state index in [0.717, 1.165) is 0 Å². The quantitative estimate of drug-likeness (QED) is 0.197. The summed E-state index contributed by atoms with van der Waals surface area (Å²) in [6.45, 7) is 16.9. The molecule has 0 N–H and O–H groups in total. The van der Waals surface area contributed by atoms with Gasteiger partial charge < -0.3 is 4.90 Å². The lowest BCUT2D eigenvalue weighted by Crippen LogP contribution is -2.35. The second-order valence-electron chi connectivity index (χ2n) is 15.9. The molecule has 2 unspecified atom stereocenters. The van der Waals surface area contributed by atoms with E-state index in [1.165, 1.54) is 78.3 Å². The van der Waals surface area contributed by atoms with Crippen molar-refractivity contribution < 1.29 is 0 Å². The highest BCUT2D eigenvalue weighted by Gasteiger charge is 2.48. The first-order chi connectivity index (χ1) is 22.5. The standard InChI is InChI=1S/C46H43N/c1-28-40(26-25-33-31-16-9-12-19-36(31)46(6,7)43(28)33)47(29-23-24-32-30-15-8-11-18-35(30)45(4,5)39(32)27-29)41-22-14-21-38-42(41)34-17-10-13-20-37(34)44(38,2)3/h8-28,43H,1-7H3. The van der Waals surface area contributed by atoms with Crippen molar-refractivity contribution in [3.63, 3.8) is 0 Å². The Kier molecular flexibility index (Phi) is 5.76. The maximum Gasteiger partial charge on any atom is 0.0540 e. The minimum atomic E-state index is -0.0739. The predicted molar refractivity (Wildman–Crippen MR) is 198 cm³/mol. The fourth-order valence-corrected chi connectivity index (χ4v) is 10.1. The lowest BCUT2D eigenvalue weighted by Gasteiger charge is -2.42. The van der Waals surface area contributed by atoms with Crippen LogP contribution in [0.5, 0.6) is 0 Å². The predicted octanol–water partition coefficient (Wildman–Crippen LogP) is 12.0. The van der Waals surface area contributed by atoms with Gasteiger partial charge in [-0.15, -0.1) is 0 Å². The molecule has 4 aliphatic carbocycles. The third kappa shape index (κ3) is 3.66. The van der Waals surface area contributed by atoms with Crippen LogP contribution in [0.1, 0.15) is 81.8 Å². The van der Waals surface area contributed by atoms with Gasteiger partial charge in [0.15, 0.2) is 0 Å². The fraction of sp³-hybridized carbons (Fsp3) is 0.261. The summed E-state index contributed by atoms with van der Waals surface area (Å²) < 4.78 is 0. The summed E-state index contributed by atoms with van der Waals surface area (Å²) in [4.78, 5) is 2.63. The largest absolute Gasteiger partial charge is 0.313 e. The van der Waals surface area contributed by atoms with Crippen molar-refractivity contribution >= 4 is 16.9 Å². The van der Waals surface area contributed by atoms with Gasteiger partial charge in [0, 0.05) is 39.6 Å². The summed E-state index contributed by atoms with van der Waals surface area (Å²) in [5.41, 5.74) is 19.2. The van der Waals surface area contributed by atoms with Crippen molar-refractivity contribution in [2.45, 2.75) is 64.7 Å². The zero-order valence-corrected chi connectivity index (χ0v) is 28.6. The van der Waals surface area contributed by atoms with Crippen LogP contribution in [0.2, 0.25) is 0 Å². The Morgan fingerprint density at radius 2 is 1.09 bits per heavy atom. The summed E-state index contributed by atoms with van der Waals surface area (Å²) in [6, 6.07) is 41.4. The lowest BCUT2D eigenvalue weighted by atomic mass is 9.68. The van der Waals surface area contributed by atoms with Gasteiger partial charge in [0.2, 0.25) is 0 Å². The first kappa shape index (κ1) is 28.6. The second-order valence-corrected chi connectivity index (χ2v) is 15.9. The van der Waals surface area contributed by atoms with Gasteiger partial charge in [-0.25, -0.2) is 0 Å². The Balaban J connectivity index is 1.30. The van der Waals surface area contributed by atoms with Gasteiger partial charge in [0.05, 0.1) is 5.69 Å². The van der Waals surface area contributed by atoms with Gasteiger partial charge in [-0.3, -0.25) is 0 Å². The molecule has 0 aromatic heterocycles. The van der Waals surface area contributed by atoms with E-state index in [1.54, 1.807) is 0 Å². The molecular weight excluding hydrogens is 567 g/mol. The third-order valence-electron chi connectivity index (χ3n) is 12.4. The number of rotatable bonds is 3. The molecule has 0 fully saturated rings. The average Bonchev–Trinajstić information content (AvgIpc) is 3.56. The van der Waals surface area contributed by atoms with Crippen LogP contribution in [0.15, 0.2) is 127 Å². The lowest BCUT2D eigenvalue weighted by molar-refractivity contribution is 0.334. The Labute approximate surface area is 280 Å². The molecule has 2 atom stereocenters. The summed E-state index contributed by atoms with van der Waals surface area (Å²) in [5, 5.41) is 0. The van der Waals surface area contributed by atoms with Crippen LogP contribution in [0.3, 0.4) is 0 Å². The second kappa shape index (κ2) is 9.48. The van der Waals surface area contributed by atoms with E-state index in [-0.39, 0.29) is 16.2 Å². The smallest absolute Gasteiger partial charge is 0.0540 e.